The molecule has 1 heterocycles. The minimum absolute atomic E-state index is 0.299. The second-order valence-electron chi connectivity index (χ2n) is 5.81. The molecule has 1 amide bonds. The number of aromatic amines is 1. The van der Waals surface area contributed by atoms with Crippen molar-refractivity contribution in [3.05, 3.63) is 59.8 Å². The molecule has 0 atom stereocenters. The Morgan fingerprint density at radius 1 is 1.19 bits per heavy atom. The lowest BCUT2D eigenvalue weighted by atomic mass is 10.2. The van der Waals surface area contributed by atoms with Gasteiger partial charge < -0.3 is 14.4 Å². The monoisotopic (exact) mass is 353 g/mol. The van der Waals surface area contributed by atoms with Crippen LogP contribution in [-0.2, 0) is 16.1 Å². The predicted molar refractivity (Wildman–Crippen MR) is 95.8 cm³/mol. The summed E-state index contributed by atoms with van der Waals surface area (Å²) in [5.74, 6) is -0.149. The van der Waals surface area contributed by atoms with E-state index in [-0.39, 0.29) is 12.5 Å². The molecule has 134 valence electrons. The van der Waals surface area contributed by atoms with Crippen molar-refractivity contribution in [3.8, 4) is 5.75 Å². The smallest absolute Gasteiger partial charge is 0.338 e. The second kappa shape index (κ2) is 7.69. The van der Waals surface area contributed by atoms with Gasteiger partial charge in [-0.1, -0.05) is 24.3 Å². The number of ether oxygens (including phenoxy) is 2. The number of aromatic nitrogens is 2. The van der Waals surface area contributed by atoms with Crippen LogP contribution in [0.25, 0.3) is 10.9 Å². The van der Waals surface area contributed by atoms with Crippen molar-refractivity contribution in [3.63, 3.8) is 0 Å². The summed E-state index contributed by atoms with van der Waals surface area (Å²) in [7, 11) is 3.23. The summed E-state index contributed by atoms with van der Waals surface area (Å²) < 4.78 is 10.4. The number of methoxy groups -OCH3 is 1. The highest BCUT2D eigenvalue weighted by molar-refractivity contribution is 5.95. The number of fused-ring (bicyclic) bond motifs is 1. The maximum absolute atomic E-state index is 12.2. The zero-order valence-electron chi connectivity index (χ0n) is 14.6. The molecular weight excluding hydrogens is 334 g/mol. The molecule has 26 heavy (non-hydrogen) atoms. The van der Waals surface area contributed by atoms with Crippen molar-refractivity contribution in [1.82, 2.24) is 15.1 Å². The fraction of sp³-hybridized carbons (Fsp3) is 0.211. The van der Waals surface area contributed by atoms with Crippen molar-refractivity contribution in [2.24, 2.45) is 0 Å². The number of H-pyrrole nitrogens is 1. The first-order valence-corrected chi connectivity index (χ1v) is 8.04. The molecule has 3 rings (SSSR count). The quantitative estimate of drug-likeness (QED) is 0.688. The number of likely N-dealkylation sites (N-methyl/N-ethyl adjacent to an activating group) is 1. The van der Waals surface area contributed by atoms with E-state index in [4.69, 9.17) is 9.47 Å². The number of hydrogen-bond donors (Lipinski definition) is 1. The van der Waals surface area contributed by atoms with Crippen LogP contribution < -0.4 is 4.74 Å². The first kappa shape index (κ1) is 17.5. The number of nitrogens with one attached hydrogen (secondary N) is 1. The van der Waals surface area contributed by atoms with Crippen LogP contribution in [0.4, 0.5) is 0 Å². The molecule has 0 saturated heterocycles. The Balaban J connectivity index is 1.58. The van der Waals surface area contributed by atoms with Crippen LogP contribution in [0.5, 0.6) is 5.75 Å². The summed E-state index contributed by atoms with van der Waals surface area (Å²) in [6, 6.07) is 12.5. The Bertz CT molecular complexity index is 935. The van der Waals surface area contributed by atoms with Gasteiger partial charge in [0, 0.05) is 24.5 Å². The predicted octanol–water partition coefficient (Wildman–Crippen LogP) is 2.39. The number of esters is 1. The Hall–Kier alpha value is -3.35. The van der Waals surface area contributed by atoms with Crippen LogP contribution in [-0.4, -0.2) is 47.7 Å². The summed E-state index contributed by atoms with van der Waals surface area (Å²) >= 11 is 0. The fourth-order valence-electron chi connectivity index (χ4n) is 2.56. The zero-order chi connectivity index (χ0) is 18.5. The Kier molecular flexibility index (Phi) is 5.17. The van der Waals surface area contributed by atoms with E-state index in [0.29, 0.717) is 17.9 Å². The van der Waals surface area contributed by atoms with Crippen molar-refractivity contribution in [1.29, 1.82) is 0 Å². The van der Waals surface area contributed by atoms with E-state index in [9.17, 15) is 9.59 Å². The van der Waals surface area contributed by atoms with E-state index in [1.807, 2.05) is 24.3 Å². The van der Waals surface area contributed by atoms with Crippen LogP contribution >= 0.6 is 0 Å². The highest BCUT2D eigenvalue weighted by Gasteiger charge is 2.15. The number of carbonyl (C=O) groups is 2. The summed E-state index contributed by atoms with van der Waals surface area (Å²) in [6.07, 6.45) is 1.67. The molecule has 0 aliphatic carbocycles. The van der Waals surface area contributed by atoms with E-state index in [0.717, 1.165) is 16.5 Å². The van der Waals surface area contributed by atoms with Gasteiger partial charge in [-0.25, -0.2) is 4.79 Å². The van der Waals surface area contributed by atoms with E-state index in [1.54, 1.807) is 38.6 Å². The van der Waals surface area contributed by atoms with Crippen molar-refractivity contribution < 1.29 is 19.1 Å². The largest absolute Gasteiger partial charge is 0.496 e. The lowest BCUT2D eigenvalue weighted by molar-refractivity contribution is -0.133. The molecule has 0 aliphatic heterocycles. The van der Waals surface area contributed by atoms with E-state index in [1.165, 1.54) is 4.90 Å². The van der Waals surface area contributed by atoms with Gasteiger partial charge in [-0.2, -0.15) is 5.10 Å². The lowest BCUT2D eigenvalue weighted by Crippen LogP contribution is -2.31. The van der Waals surface area contributed by atoms with Crippen LogP contribution in [0.3, 0.4) is 0 Å². The molecule has 0 fully saturated rings. The van der Waals surface area contributed by atoms with Gasteiger partial charge in [0.05, 0.1) is 24.4 Å². The number of hydrogen-bond acceptors (Lipinski definition) is 5. The minimum Gasteiger partial charge on any atom is -0.496 e. The molecule has 7 heteroatoms. The molecule has 7 nitrogen and oxygen atoms in total. The van der Waals surface area contributed by atoms with Crippen molar-refractivity contribution >= 4 is 22.8 Å². The van der Waals surface area contributed by atoms with Crippen molar-refractivity contribution in [2.45, 2.75) is 6.54 Å². The normalized spacial score (nSPS) is 10.5. The molecule has 3 aromatic rings. The third-order valence-electron chi connectivity index (χ3n) is 4.03. The standard InChI is InChI=1S/C19H19N3O4/c1-22(11-15-5-3-4-6-17(15)25-2)18(23)12-26-19(24)13-7-8-14-10-20-21-16(14)9-13/h3-10H,11-12H2,1-2H3,(H,20,21). The minimum atomic E-state index is -0.555. The molecule has 0 unspecified atom stereocenters. The van der Waals surface area contributed by atoms with Gasteiger partial charge in [-0.3, -0.25) is 9.89 Å². The van der Waals surface area contributed by atoms with Crippen LogP contribution in [0.2, 0.25) is 0 Å². The highest BCUT2D eigenvalue weighted by Crippen LogP contribution is 2.19. The summed E-state index contributed by atoms with van der Waals surface area (Å²) in [5, 5.41) is 7.59. The second-order valence-corrected chi connectivity index (χ2v) is 5.81. The number of para-hydroxylation sites is 1. The van der Waals surface area contributed by atoms with E-state index >= 15 is 0 Å². The SMILES string of the molecule is COc1ccccc1CN(C)C(=O)COC(=O)c1ccc2cn[nH]c2c1. The summed E-state index contributed by atoms with van der Waals surface area (Å²) in [5.41, 5.74) is 1.97. The van der Waals surface area contributed by atoms with Gasteiger partial charge in [0.15, 0.2) is 6.61 Å². The first-order chi connectivity index (χ1) is 12.6. The van der Waals surface area contributed by atoms with Gasteiger partial charge in [-0.15, -0.1) is 0 Å². The molecule has 0 radical (unpaired) electrons. The lowest BCUT2D eigenvalue weighted by Gasteiger charge is -2.18. The first-order valence-electron chi connectivity index (χ1n) is 8.04. The van der Waals surface area contributed by atoms with Crippen LogP contribution in [0.1, 0.15) is 15.9 Å². The van der Waals surface area contributed by atoms with Crippen LogP contribution in [0, 0.1) is 0 Å². The van der Waals surface area contributed by atoms with E-state index < -0.39 is 5.97 Å². The average Bonchev–Trinajstić information content (AvgIpc) is 3.13. The molecule has 1 aromatic heterocycles. The Morgan fingerprint density at radius 3 is 2.81 bits per heavy atom. The summed E-state index contributed by atoms with van der Waals surface area (Å²) in [6.45, 7) is 0.0337. The number of carbonyl (C=O) groups excluding carboxylic acids is 2. The maximum atomic E-state index is 12.2. The van der Waals surface area contributed by atoms with Crippen molar-refractivity contribution in [2.75, 3.05) is 20.8 Å². The van der Waals surface area contributed by atoms with Gasteiger partial charge >= 0.3 is 5.97 Å². The van der Waals surface area contributed by atoms with Gasteiger partial charge in [-0.05, 0) is 18.2 Å². The molecule has 0 spiro atoms. The van der Waals surface area contributed by atoms with E-state index in [2.05, 4.69) is 10.2 Å². The third-order valence-corrected chi connectivity index (χ3v) is 4.03. The third kappa shape index (κ3) is 3.83. The number of rotatable bonds is 6. The molecular formula is C19H19N3O4. The zero-order valence-corrected chi connectivity index (χ0v) is 14.6. The molecule has 0 bridgehead atoms. The van der Waals surface area contributed by atoms with Crippen LogP contribution in [0.15, 0.2) is 48.7 Å². The highest BCUT2D eigenvalue weighted by atomic mass is 16.5. The molecule has 2 aromatic carbocycles. The molecule has 1 N–H and O–H groups in total. The fourth-order valence-corrected chi connectivity index (χ4v) is 2.56. The number of benzene rings is 2. The maximum Gasteiger partial charge on any atom is 0.338 e. The van der Waals surface area contributed by atoms with Gasteiger partial charge in [0.2, 0.25) is 0 Å². The number of amides is 1. The molecule has 0 aliphatic rings. The Morgan fingerprint density at radius 2 is 2.00 bits per heavy atom. The van der Waals surface area contributed by atoms with Gasteiger partial charge in [0.25, 0.3) is 5.91 Å². The van der Waals surface area contributed by atoms with Gasteiger partial charge in [0.1, 0.15) is 5.75 Å². The summed E-state index contributed by atoms with van der Waals surface area (Å²) in [4.78, 5) is 25.9. The Labute approximate surface area is 150 Å². The number of nitrogens with zero attached hydrogens (tertiary/aromatic N) is 2. The average molecular weight is 353 g/mol. The molecule has 0 saturated carbocycles. The topological polar surface area (TPSA) is 84.5 Å².